The largest absolute Gasteiger partial charge is 0.440 e. The van der Waals surface area contributed by atoms with Crippen LogP contribution in [0.5, 0.6) is 0 Å². The number of aliphatic hydroxyl groups is 1. The Morgan fingerprint density at radius 3 is 2.30 bits per heavy atom. The van der Waals surface area contributed by atoms with E-state index < -0.39 is 33.8 Å². The lowest BCUT2D eigenvalue weighted by molar-refractivity contribution is -0.141. The summed E-state index contributed by atoms with van der Waals surface area (Å²) in [5.74, 6) is 3.44. The highest BCUT2D eigenvalue weighted by Crippen LogP contribution is 2.41. The van der Waals surface area contributed by atoms with Gasteiger partial charge in [0, 0.05) is 41.0 Å². The van der Waals surface area contributed by atoms with E-state index >= 15 is 4.39 Å². The van der Waals surface area contributed by atoms with Crippen molar-refractivity contribution in [2.24, 2.45) is 0 Å². The first-order valence-corrected chi connectivity index (χ1v) is 15.4. The van der Waals surface area contributed by atoms with Crippen molar-refractivity contribution in [3.63, 3.8) is 0 Å². The van der Waals surface area contributed by atoms with Gasteiger partial charge in [-0.15, -0.1) is 0 Å². The van der Waals surface area contributed by atoms with Crippen LogP contribution in [-0.4, -0.2) is 36.0 Å². The quantitative estimate of drug-likeness (QED) is 0.148. The third-order valence-corrected chi connectivity index (χ3v) is 8.74. The van der Waals surface area contributed by atoms with Crippen LogP contribution in [0.1, 0.15) is 23.0 Å². The van der Waals surface area contributed by atoms with Crippen LogP contribution in [0.4, 0.5) is 17.6 Å². The number of aryl methyl sites for hydroxylation is 2. The molecule has 1 atom stereocenters. The van der Waals surface area contributed by atoms with Gasteiger partial charge in [0.2, 0.25) is 0 Å². The summed E-state index contributed by atoms with van der Waals surface area (Å²) in [5.41, 5.74) is 0.868. The highest BCUT2D eigenvalue weighted by molar-refractivity contribution is 7.99. The molecule has 43 heavy (non-hydrogen) atoms. The minimum atomic E-state index is -4.68. The molecule has 0 saturated carbocycles. The highest BCUT2D eigenvalue weighted by Gasteiger charge is 2.35. The fourth-order valence-corrected chi connectivity index (χ4v) is 6.09. The third-order valence-electron chi connectivity index (χ3n) is 6.71. The molecule has 3 aromatic carbocycles. The molecule has 0 aliphatic carbocycles. The molecule has 0 fully saturated rings. The third kappa shape index (κ3) is 5.95. The zero-order chi connectivity index (χ0) is 31.4. The van der Waals surface area contributed by atoms with Crippen molar-refractivity contribution in [1.82, 2.24) is 14.5 Å². The van der Waals surface area contributed by atoms with Crippen molar-refractivity contribution >= 4 is 38.6 Å². The van der Waals surface area contributed by atoms with E-state index in [2.05, 4.69) is 15.8 Å². The van der Waals surface area contributed by atoms with Gasteiger partial charge in [-0.05, 0) is 75.9 Å². The molecular weight excluding hydrogens is 629 g/mol. The van der Waals surface area contributed by atoms with Gasteiger partial charge in [0.1, 0.15) is 17.3 Å². The van der Waals surface area contributed by atoms with E-state index in [1.54, 1.807) is 43.3 Å². The van der Waals surface area contributed by atoms with Gasteiger partial charge in [0.25, 0.3) is 0 Å². The van der Waals surface area contributed by atoms with Gasteiger partial charge >= 0.3 is 6.18 Å². The second-order valence-corrected chi connectivity index (χ2v) is 13.2. The van der Waals surface area contributed by atoms with Crippen molar-refractivity contribution in [3.8, 4) is 39.4 Å². The summed E-state index contributed by atoms with van der Waals surface area (Å²) < 4.78 is 76.0. The maximum atomic E-state index is 15.1. The van der Waals surface area contributed by atoms with Crippen molar-refractivity contribution < 1.29 is 31.3 Å². The summed E-state index contributed by atoms with van der Waals surface area (Å²) >= 11 is 12.4. The van der Waals surface area contributed by atoms with Gasteiger partial charge in [-0.1, -0.05) is 29.3 Å². The normalized spacial score (nSPS) is 13.3. The predicted molar refractivity (Wildman–Crippen MR) is 160 cm³/mol. The van der Waals surface area contributed by atoms with E-state index in [0.717, 1.165) is 6.20 Å². The summed E-state index contributed by atoms with van der Waals surface area (Å²) in [6.45, 7) is 2.36. The molecule has 0 aliphatic rings. The Labute approximate surface area is 254 Å². The van der Waals surface area contributed by atoms with E-state index in [0.29, 0.717) is 27.3 Å². The van der Waals surface area contributed by atoms with Crippen LogP contribution in [0, 0.1) is 19.7 Å². The SMILES string of the molecule is C=S(C)(=O)c1cc(-c2ccc(-n3cc(C(F)(F)F)nc3C)c(-c3nc(C)oc3-c3ccc(Cl)c(Cl)c3)c2)cc(F)c1CO. The van der Waals surface area contributed by atoms with Gasteiger partial charge in [-0.3, -0.25) is 4.21 Å². The van der Waals surface area contributed by atoms with Gasteiger partial charge in [0.15, 0.2) is 17.3 Å². The number of rotatable bonds is 6. The molecule has 224 valence electrons. The molecule has 0 bridgehead atoms. The van der Waals surface area contributed by atoms with Crippen molar-refractivity contribution in [3.05, 3.63) is 93.6 Å². The molecule has 13 heteroatoms. The first kappa shape index (κ1) is 30.8. The number of oxazole rings is 1. The molecule has 0 spiro atoms. The fraction of sp³-hybridized carbons (Fsp3) is 0.167. The number of alkyl halides is 3. The first-order chi connectivity index (χ1) is 20.1. The van der Waals surface area contributed by atoms with Crippen LogP contribution in [0.3, 0.4) is 0 Å². The Hall–Kier alpha value is -3.64. The number of hydrogen-bond acceptors (Lipinski definition) is 5. The van der Waals surface area contributed by atoms with Crippen molar-refractivity contribution in [1.29, 1.82) is 0 Å². The van der Waals surface area contributed by atoms with E-state index in [4.69, 9.17) is 27.6 Å². The Bertz CT molecular complexity index is 2000. The Morgan fingerprint density at radius 1 is 1.00 bits per heavy atom. The summed E-state index contributed by atoms with van der Waals surface area (Å²) in [4.78, 5) is 8.30. The Kier molecular flexibility index (Phi) is 7.97. The second-order valence-electron chi connectivity index (χ2n) is 9.91. The number of nitrogens with zero attached hydrogens (tertiary/aromatic N) is 3. The molecule has 1 N–H and O–H groups in total. The lowest BCUT2D eigenvalue weighted by Crippen LogP contribution is -2.06. The van der Waals surface area contributed by atoms with Crippen molar-refractivity contribution in [2.45, 2.75) is 31.5 Å². The van der Waals surface area contributed by atoms with Crippen LogP contribution in [-0.2, 0) is 22.3 Å². The van der Waals surface area contributed by atoms with Gasteiger partial charge in [-0.25, -0.2) is 14.4 Å². The van der Waals surface area contributed by atoms with E-state index in [1.807, 2.05) is 0 Å². The maximum absolute atomic E-state index is 15.1. The second kappa shape index (κ2) is 11.1. The molecule has 0 radical (unpaired) electrons. The van der Waals surface area contributed by atoms with Crippen molar-refractivity contribution in [2.75, 3.05) is 6.26 Å². The topological polar surface area (TPSA) is 81.2 Å². The number of aliphatic hydroxyl groups excluding tert-OH is 1. The minimum absolute atomic E-state index is 0.0460. The van der Waals surface area contributed by atoms with Gasteiger partial charge in [0.05, 0.1) is 22.3 Å². The van der Waals surface area contributed by atoms with Crippen LogP contribution in [0.2, 0.25) is 10.0 Å². The number of benzene rings is 3. The number of imidazole rings is 1. The molecule has 2 aromatic heterocycles. The molecule has 0 aliphatic heterocycles. The van der Waals surface area contributed by atoms with Gasteiger partial charge < -0.3 is 14.1 Å². The minimum Gasteiger partial charge on any atom is -0.440 e. The highest BCUT2D eigenvalue weighted by atomic mass is 35.5. The van der Waals surface area contributed by atoms with Crippen LogP contribution < -0.4 is 0 Å². The van der Waals surface area contributed by atoms with Crippen LogP contribution in [0.15, 0.2) is 64.0 Å². The monoisotopic (exact) mass is 651 g/mol. The Balaban J connectivity index is 1.81. The summed E-state index contributed by atoms with van der Waals surface area (Å²) in [7, 11) is -2.95. The maximum Gasteiger partial charge on any atom is 0.434 e. The summed E-state index contributed by atoms with van der Waals surface area (Å²) in [6.07, 6.45) is -2.47. The molecule has 5 aromatic rings. The molecule has 0 amide bonds. The number of halogens is 6. The number of hydrogen-bond donors (Lipinski definition) is 1. The van der Waals surface area contributed by atoms with E-state index in [1.165, 1.54) is 29.9 Å². The molecule has 0 saturated heterocycles. The van der Waals surface area contributed by atoms with Crippen LogP contribution in [0.25, 0.3) is 39.4 Å². The standard InChI is InChI=1S/C30H23Cl2F4N3O3S/c1-15-37-27(30(34,35)36)13-39(15)25-8-6-17(19-11-24(33)21(14-40)26(12-19)43(3,4)41)9-20(25)28-29(42-16(2)38-28)18-5-7-22(31)23(32)10-18/h5-13,40H,3,14H2,1-2,4H3. The molecule has 1 unspecified atom stereocenters. The average molecular weight is 652 g/mol. The smallest absolute Gasteiger partial charge is 0.434 e. The van der Waals surface area contributed by atoms with Crippen LogP contribution >= 0.6 is 23.2 Å². The Morgan fingerprint density at radius 2 is 1.70 bits per heavy atom. The van der Waals surface area contributed by atoms with E-state index in [-0.39, 0.29) is 44.3 Å². The first-order valence-electron chi connectivity index (χ1n) is 12.5. The molecule has 5 rings (SSSR count). The molecule has 2 heterocycles. The van der Waals surface area contributed by atoms with Gasteiger partial charge in [-0.2, -0.15) is 13.2 Å². The predicted octanol–water partition coefficient (Wildman–Crippen LogP) is 8.14. The summed E-state index contributed by atoms with van der Waals surface area (Å²) in [6, 6.07) is 12.2. The lowest BCUT2D eigenvalue weighted by Gasteiger charge is -2.16. The fourth-order valence-electron chi connectivity index (χ4n) is 4.73. The molecular formula is C30H23Cl2F4N3O3S. The number of aromatic nitrogens is 3. The zero-order valence-electron chi connectivity index (χ0n) is 22.9. The average Bonchev–Trinajstić information content (AvgIpc) is 3.51. The zero-order valence-corrected chi connectivity index (χ0v) is 25.2. The summed E-state index contributed by atoms with van der Waals surface area (Å²) in [5, 5.41) is 10.3. The lowest BCUT2D eigenvalue weighted by atomic mass is 9.97. The van der Waals surface area contributed by atoms with E-state index in [9.17, 15) is 22.5 Å². The molecule has 6 nitrogen and oxygen atoms in total.